The summed E-state index contributed by atoms with van der Waals surface area (Å²) in [4.78, 5) is 11.6. The molecule has 2 saturated carbocycles. The zero-order valence-corrected chi connectivity index (χ0v) is 13.5. The highest BCUT2D eigenvalue weighted by Gasteiger charge is 2.69. The molecule has 114 valence electrons. The molecule has 3 nitrogen and oxygen atoms in total. The molecule has 3 unspecified atom stereocenters. The van der Waals surface area contributed by atoms with Crippen molar-refractivity contribution in [3.63, 3.8) is 0 Å². The molecule has 0 heterocycles. The molecule has 0 N–H and O–H groups in total. The quantitative estimate of drug-likeness (QED) is 0.551. The normalized spacial score (nSPS) is 34.8. The van der Waals surface area contributed by atoms with Crippen LogP contribution in [0.15, 0.2) is 11.6 Å². The molecular weight excluding hydrogens is 252 g/mol. The van der Waals surface area contributed by atoms with E-state index in [2.05, 4.69) is 19.9 Å². The summed E-state index contributed by atoms with van der Waals surface area (Å²) >= 11 is 0. The van der Waals surface area contributed by atoms with Crippen molar-refractivity contribution in [1.82, 2.24) is 0 Å². The minimum atomic E-state index is -0.180. The summed E-state index contributed by atoms with van der Waals surface area (Å²) in [6.45, 7) is 9.76. The molecule has 0 bridgehead atoms. The number of carbonyl (C=O) groups excluding carboxylic acids is 1. The van der Waals surface area contributed by atoms with Gasteiger partial charge in [-0.05, 0) is 50.4 Å². The van der Waals surface area contributed by atoms with Gasteiger partial charge >= 0.3 is 5.97 Å². The lowest BCUT2D eigenvalue weighted by Crippen LogP contribution is -2.32. The molecule has 2 fully saturated rings. The second-order valence-corrected chi connectivity index (χ2v) is 6.99. The van der Waals surface area contributed by atoms with Crippen molar-refractivity contribution in [1.29, 1.82) is 0 Å². The summed E-state index contributed by atoms with van der Waals surface area (Å²) in [5.41, 5.74) is 1.42. The average Bonchev–Trinajstić information content (AvgIpc) is 3.04. The first kappa shape index (κ1) is 15.6. The lowest BCUT2D eigenvalue weighted by atomic mass is 9.69. The molecule has 0 radical (unpaired) electrons. The van der Waals surface area contributed by atoms with Gasteiger partial charge in [0, 0.05) is 18.1 Å². The molecule has 0 amide bonds. The summed E-state index contributed by atoms with van der Waals surface area (Å²) in [7, 11) is 1.80. The second kappa shape index (κ2) is 5.51. The fourth-order valence-electron chi connectivity index (χ4n) is 4.18. The fourth-order valence-corrected chi connectivity index (χ4v) is 4.18. The molecular formula is C17H28O3. The summed E-state index contributed by atoms with van der Waals surface area (Å²) in [6, 6.07) is 0. The van der Waals surface area contributed by atoms with Crippen LogP contribution in [0.1, 0.15) is 47.0 Å². The molecule has 0 saturated heterocycles. The van der Waals surface area contributed by atoms with Crippen molar-refractivity contribution in [3.05, 3.63) is 11.6 Å². The zero-order chi connectivity index (χ0) is 15.0. The zero-order valence-electron chi connectivity index (χ0n) is 13.5. The summed E-state index contributed by atoms with van der Waals surface area (Å²) < 4.78 is 10.5. The number of ether oxygens (including phenoxy) is 2. The van der Waals surface area contributed by atoms with Gasteiger partial charge in [0.25, 0.3) is 0 Å². The van der Waals surface area contributed by atoms with Gasteiger partial charge in [0.1, 0.15) is 0 Å². The molecule has 0 spiro atoms. The van der Waals surface area contributed by atoms with E-state index in [0.717, 1.165) is 24.5 Å². The van der Waals surface area contributed by atoms with Gasteiger partial charge in [-0.25, -0.2) is 4.79 Å². The predicted molar refractivity (Wildman–Crippen MR) is 79.3 cm³/mol. The molecule has 3 heteroatoms. The number of allylic oxidation sites excluding steroid dienone is 1. The van der Waals surface area contributed by atoms with Gasteiger partial charge in [0.05, 0.1) is 13.2 Å². The lowest BCUT2D eigenvalue weighted by Gasteiger charge is -2.36. The molecule has 20 heavy (non-hydrogen) atoms. The number of hydrogen-bond donors (Lipinski definition) is 0. The highest BCUT2D eigenvalue weighted by molar-refractivity contribution is 5.87. The Labute approximate surface area is 122 Å². The maximum Gasteiger partial charge on any atom is 0.333 e. The molecule has 0 aliphatic heterocycles. The number of carbonyl (C=O) groups is 1. The summed E-state index contributed by atoms with van der Waals surface area (Å²) in [5, 5.41) is 0. The van der Waals surface area contributed by atoms with Crippen LogP contribution < -0.4 is 0 Å². The molecule has 2 aliphatic rings. The Kier molecular flexibility index (Phi) is 4.29. The Morgan fingerprint density at radius 3 is 2.70 bits per heavy atom. The summed E-state index contributed by atoms with van der Waals surface area (Å²) in [5.74, 6) is 1.28. The van der Waals surface area contributed by atoms with Crippen molar-refractivity contribution < 1.29 is 14.3 Å². The van der Waals surface area contributed by atoms with Gasteiger partial charge in [-0.1, -0.05) is 19.9 Å². The Hall–Kier alpha value is -0.830. The van der Waals surface area contributed by atoms with Crippen molar-refractivity contribution in [3.8, 4) is 0 Å². The van der Waals surface area contributed by atoms with E-state index in [4.69, 9.17) is 9.47 Å². The Morgan fingerprint density at radius 1 is 1.40 bits per heavy atom. The number of esters is 1. The van der Waals surface area contributed by atoms with Gasteiger partial charge in [-0.15, -0.1) is 0 Å². The number of fused-ring (bicyclic) bond motifs is 1. The van der Waals surface area contributed by atoms with E-state index >= 15 is 0 Å². The van der Waals surface area contributed by atoms with Crippen molar-refractivity contribution >= 4 is 5.97 Å². The predicted octanol–water partition coefficient (Wildman–Crippen LogP) is 3.58. The minimum Gasteiger partial charge on any atom is -0.463 e. The van der Waals surface area contributed by atoms with Crippen LogP contribution in [0.25, 0.3) is 0 Å². The average molecular weight is 280 g/mol. The third-order valence-corrected chi connectivity index (χ3v) is 5.81. The number of hydrogen-bond acceptors (Lipinski definition) is 3. The number of rotatable bonds is 6. The first-order chi connectivity index (χ1) is 9.39. The van der Waals surface area contributed by atoms with E-state index in [0.29, 0.717) is 23.4 Å². The molecule has 3 atom stereocenters. The highest BCUT2D eigenvalue weighted by atomic mass is 16.5. The smallest absolute Gasteiger partial charge is 0.333 e. The Bertz CT molecular complexity index is 410. The van der Waals surface area contributed by atoms with Crippen LogP contribution in [0.3, 0.4) is 0 Å². The molecule has 0 aromatic heterocycles. The van der Waals surface area contributed by atoms with Crippen LogP contribution in [0.4, 0.5) is 0 Å². The number of methoxy groups -OCH3 is 1. The van der Waals surface area contributed by atoms with E-state index in [-0.39, 0.29) is 5.97 Å². The standard InChI is InChI=1S/C17H28O3/c1-6-20-15(18)12(2)7-8-13-9-14-10-17(14,11-19-5)16(13,3)4/h7,13-14H,6,8-11H2,1-5H3. The van der Waals surface area contributed by atoms with E-state index in [9.17, 15) is 4.79 Å². The largest absolute Gasteiger partial charge is 0.463 e. The third kappa shape index (κ3) is 2.41. The lowest BCUT2D eigenvalue weighted by molar-refractivity contribution is -0.138. The Balaban J connectivity index is 1.99. The van der Waals surface area contributed by atoms with Crippen molar-refractivity contribution in [2.75, 3.05) is 20.3 Å². The van der Waals surface area contributed by atoms with Crippen LogP contribution in [-0.4, -0.2) is 26.3 Å². The molecule has 0 aromatic carbocycles. The van der Waals surface area contributed by atoms with E-state index in [1.54, 1.807) is 7.11 Å². The first-order valence-electron chi connectivity index (χ1n) is 7.72. The molecule has 0 aromatic rings. The first-order valence-corrected chi connectivity index (χ1v) is 7.72. The van der Waals surface area contributed by atoms with E-state index in [1.165, 1.54) is 12.8 Å². The van der Waals surface area contributed by atoms with Crippen LogP contribution in [0, 0.1) is 22.7 Å². The highest BCUT2D eigenvalue weighted by Crippen LogP contribution is 2.74. The van der Waals surface area contributed by atoms with Gasteiger partial charge in [0.15, 0.2) is 0 Å². The third-order valence-electron chi connectivity index (χ3n) is 5.81. The monoisotopic (exact) mass is 280 g/mol. The van der Waals surface area contributed by atoms with Crippen LogP contribution in [0.5, 0.6) is 0 Å². The fraction of sp³-hybridized carbons (Fsp3) is 0.824. The van der Waals surface area contributed by atoms with Gasteiger partial charge < -0.3 is 9.47 Å². The molecule has 2 aliphatic carbocycles. The van der Waals surface area contributed by atoms with Crippen LogP contribution in [0.2, 0.25) is 0 Å². The topological polar surface area (TPSA) is 35.5 Å². The van der Waals surface area contributed by atoms with Crippen LogP contribution in [-0.2, 0) is 14.3 Å². The maximum absolute atomic E-state index is 11.6. The van der Waals surface area contributed by atoms with Gasteiger partial charge in [0.2, 0.25) is 0 Å². The second-order valence-electron chi connectivity index (χ2n) is 6.99. The van der Waals surface area contributed by atoms with E-state index < -0.39 is 0 Å². The van der Waals surface area contributed by atoms with Crippen LogP contribution >= 0.6 is 0 Å². The summed E-state index contributed by atoms with van der Waals surface area (Å²) in [6.07, 6.45) is 5.61. The SMILES string of the molecule is CCOC(=O)C(C)=CCC1CC2CC2(COC)C1(C)C. The van der Waals surface area contributed by atoms with Gasteiger partial charge in [-0.3, -0.25) is 0 Å². The molecule has 2 rings (SSSR count). The van der Waals surface area contributed by atoms with E-state index in [1.807, 2.05) is 13.8 Å². The van der Waals surface area contributed by atoms with Crippen molar-refractivity contribution in [2.24, 2.45) is 22.7 Å². The van der Waals surface area contributed by atoms with Crippen molar-refractivity contribution in [2.45, 2.75) is 47.0 Å². The maximum atomic E-state index is 11.6. The van der Waals surface area contributed by atoms with Gasteiger partial charge in [-0.2, -0.15) is 0 Å². The Morgan fingerprint density at radius 2 is 2.10 bits per heavy atom. The minimum absolute atomic E-state index is 0.180.